The highest BCUT2D eigenvalue weighted by molar-refractivity contribution is 5.11. The fourth-order valence-electron chi connectivity index (χ4n) is 3.84. The van der Waals surface area contributed by atoms with E-state index in [-0.39, 0.29) is 6.04 Å². The summed E-state index contributed by atoms with van der Waals surface area (Å²) in [5.41, 5.74) is 7.54. The molecule has 0 aromatic carbocycles. The topological polar surface area (TPSA) is 38.9 Å². The minimum Gasteiger partial charge on any atom is -0.327 e. The van der Waals surface area contributed by atoms with Crippen molar-refractivity contribution >= 4 is 0 Å². The molecule has 0 aliphatic carbocycles. The summed E-state index contributed by atoms with van der Waals surface area (Å²) in [5, 5.41) is 0. The number of pyridine rings is 1. The molecule has 1 aromatic heterocycles. The average molecular weight is 361 g/mol. The van der Waals surface area contributed by atoms with Crippen molar-refractivity contribution in [2.24, 2.45) is 5.73 Å². The Hall–Kier alpha value is -0.890. The van der Waals surface area contributed by atoms with Gasteiger partial charge < -0.3 is 5.73 Å². The maximum absolute atomic E-state index is 6.36. The molecular formula is C24H44N2. The zero-order valence-electron chi connectivity index (χ0n) is 17.6. The van der Waals surface area contributed by atoms with Crippen molar-refractivity contribution in [3.8, 4) is 0 Å². The van der Waals surface area contributed by atoms with Gasteiger partial charge in [0.15, 0.2) is 0 Å². The zero-order valence-corrected chi connectivity index (χ0v) is 17.6. The Morgan fingerprint density at radius 1 is 0.769 bits per heavy atom. The monoisotopic (exact) mass is 360 g/mol. The van der Waals surface area contributed by atoms with Gasteiger partial charge in [-0.05, 0) is 25.0 Å². The van der Waals surface area contributed by atoms with Gasteiger partial charge >= 0.3 is 0 Å². The molecule has 2 atom stereocenters. The summed E-state index contributed by atoms with van der Waals surface area (Å²) < 4.78 is 0. The molecule has 2 N–H and O–H groups in total. The molecule has 0 saturated carbocycles. The summed E-state index contributed by atoms with van der Waals surface area (Å²) in [6, 6.07) is 6.45. The van der Waals surface area contributed by atoms with Crippen molar-refractivity contribution in [1.82, 2.24) is 4.98 Å². The van der Waals surface area contributed by atoms with Gasteiger partial charge in [-0.25, -0.2) is 0 Å². The number of hydrogen-bond acceptors (Lipinski definition) is 2. The fourth-order valence-corrected chi connectivity index (χ4v) is 3.84. The quantitative estimate of drug-likeness (QED) is 0.294. The second-order valence-corrected chi connectivity index (χ2v) is 7.96. The third-order valence-electron chi connectivity index (χ3n) is 5.67. The molecule has 1 rings (SSSR count). The SMILES string of the molecule is CCCCCCCCCCCCCCCC(c1ccccn1)C(N)CC. The highest BCUT2D eigenvalue weighted by Gasteiger charge is 2.18. The van der Waals surface area contributed by atoms with E-state index in [0.717, 1.165) is 6.42 Å². The molecule has 0 aliphatic rings. The summed E-state index contributed by atoms with van der Waals surface area (Å²) in [4.78, 5) is 4.55. The van der Waals surface area contributed by atoms with Crippen molar-refractivity contribution in [3.63, 3.8) is 0 Å². The fraction of sp³-hybridized carbons (Fsp3) is 0.792. The molecule has 0 fully saturated rings. The molecule has 0 bridgehead atoms. The highest BCUT2D eigenvalue weighted by Crippen LogP contribution is 2.25. The van der Waals surface area contributed by atoms with E-state index in [0.29, 0.717) is 5.92 Å². The zero-order chi connectivity index (χ0) is 18.9. The first-order valence-corrected chi connectivity index (χ1v) is 11.5. The van der Waals surface area contributed by atoms with E-state index >= 15 is 0 Å². The van der Waals surface area contributed by atoms with Gasteiger partial charge in [-0.2, -0.15) is 0 Å². The first-order chi connectivity index (χ1) is 12.8. The number of rotatable bonds is 17. The van der Waals surface area contributed by atoms with Crippen LogP contribution in [0.5, 0.6) is 0 Å². The number of nitrogens with zero attached hydrogens (tertiary/aromatic N) is 1. The minimum atomic E-state index is 0.238. The van der Waals surface area contributed by atoms with Gasteiger partial charge in [0.2, 0.25) is 0 Å². The van der Waals surface area contributed by atoms with E-state index in [2.05, 4.69) is 31.0 Å². The molecule has 0 amide bonds. The standard InChI is InChI=1S/C24H44N2/c1-3-5-6-7-8-9-10-11-12-13-14-15-16-19-22(23(25)4-2)24-20-17-18-21-26-24/h17-18,20-23H,3-16,19,25H2,1-2H3. The Kier molecular flexibility index (Phi) is 14.5. The molecule has 2 nitrogen and oxygen atoms in total. The maximum atomic E-state index is 6.36. The van der Waals surface area contributed by atoms with E-state index < -0.39 is 0 Å². The summed E-state index contributed by atoms with van der Waals surface area (Å²) in [5.74, 6) is 0.425. The van der Waals surface area contributed by atoms with Gasteiger partial charge in [0.25, 0.3) is 0 Å². The predicted molar refractivity (Wildman–Crippen MR) is 116 cm³/mol. The van der Waals surface area contributed by atoms with Crippen LogP contribution in [0.15, 0.2) is 24.4 Å². The molecule has 26 heavy (non-hydrogen) atoms. The largest absolute Gasteiger partial charge is 0.327 e. The van der Waals surface area contributed by atoms with Crippen LogP contribution < -0.4 is 5.73 Å². The molecule has 1 heterocycles. The van der Waals surface area contributed by atoms with Gasteiger partial charge in [-0.15, -0.1) is 0 Å². The van der Waals surface area contributed by atoms with Crippen molar-refractivity contribution < 1.29 is 0 Å². The number of nitrogens with two attached hydrogens (primary N) is 1. The van der Waals surface area contributed by atoms with Gasteiger partial charge in [-0.3, -0.25) is 4.98 Å². The lowest BCUT2D eigenvalue weighted by Crippen LogP contribution is -2.28. The Labute approximate surface area is 163 Å². The van der Waals surface area contributed by atoms with Crippen LogP contribution in [0.4, 0.5) is 0 Å². The van der Waals surface area contributed by atoms with E-state index in [4.69, 9.17) is 5.73 Å². The molecule has 150 valence electrons. The Morgan fingerprint density at radius 2 is 1.31 bits per heavy atom. The lowest BCUT2D eigenvalue weighted by Gasteiger charge is -2.22. The summed E-state index contributed by atoms with van der Waals surface area (Å²) >= 11 is 0. The third-order valence-corrected chi connectivity index (χ3v) is 5.67. The summed E-state index contributed by atoms with van der Waals surface area (Å²) in [7, 11) is 0. The number of hydrogen-bond donors (Lipinski definition) is 1. The summed E-state index contributed by atoms with van der Waals surface area (Å²) in [6.07, 6.45) is 22.4. The molecule has 0 saturated heterocycles. The third kappa shape index (κ3) is 11.0. The van der Waals surface area contributed by atoms with Crippen LogP contribution in [0.1, 0.15) is 122 Å². The number of aromatic nitrogens is 1. The lowest BCUT2D eigenvalue weighted by atomic mass is 9.89. The molecule has 0 spiro atoms. The average Bonchev–Trinajstić information content (AvgIpc) is 2.68. The van der Waals surface area contributed by atoms with Crippen molar-refractivity contribution in [2.75, 3.05) is 0 Å². The van der Waals surface area contributed by atoms with Crippen LogP contribution in [-0.2, 0) is 0 Å². The molecular weight excluding hydrogens is 316 g/mol. The van der Waals surface area contributed by atoms with E-state index in [1.165, 1.54) is 95.6 Å². The normalized spacial score (nSPS) is 13.7. The van der Waals surface area contributed by atoms with Crippen LogP contribution in [0.3, 0.4) is 0 Å². The lowest BCUT2D eigenvalue weighted by molar-refractivity contribution is 0.450. The molecule has 0 radical (unpaired) electrons. The van der Waals surface area contributed by atoms with Gasteiger partial charge in [0, 0.05) is 23.9 Å². The first kappa shape index (κ1) is 23.1. The Morgan fingerprint density at radius 3 is 1.77 bits per heavy atom. The van der Waals surface area contributed by atoms with Crippen molar-refractivity contribution in [2.45, 2.75) is 122 Å². The smallest absolute Gasteiger partial charge is 0.0449 e. The Bertz CT molecular complexity index is 404. The van der Waals surface area contributed by atoms with Crippen LogP contribution in [0, 0.1) is 0 Å². The minimum absolute atomic E-state index is 0.238. The van der Waals surface area contributed by atoms with Gasteiger partial charge in [-0.1, -0.05) is 103 Å². The predicted octanol–water partition coefficient (Wildman–Crippen LogP) is 7.38. The molecule has 1 aromatic rings. The van der Waals surface area contributed by atoms with Crippen LogP contribution in [0.2, 0.25) is 0 Å². The van der Waals surface area contributed by atoms with Crippen molar-refractivity contribution in [3.05, 3.63) is 30.1 Å². The first-order valence-electron chi connectivity index (χ1n) is 11.5. The summed E-state index contributed by atoms with van der Waals surface area (Å²) in [6.45, 7) is 4.47. The highest BCUT2D eigenvalue weighted by atomic mass is 14.7. The number of unbranched alkanes of at least 4 members (excludes halogenated alkanes) is 12. The second kappa shape index (κ2) is 16.3. The van der Waals surface area contributed by atoms with Crippen LogP contribution in [-0.4, -0.2) is 11.0 Å². The molecule has 0 aliphatic heterocycles. The maximum Gasteiger partial charge on any atom is 0.0449 e. The van der Waals surface area contributed by atoms with Gasteiger partial charge in [0.1, 0.15) is 0 Å². The van der Waals surface area contributed by atoms with E-state index in [9.17, 15) is 0 Å². The second-order valence-electron chi connectivity index (χ2n) is 7.96. The van der Waals surface area contributed by atoms with E-state index in [1.807, 2.05) is 12.3 Å². The molecule has 2 heteroatoms. The van der Waals surface area contributed by atoms with Gasteiger partial charge in [0.05, 0.1) is 0 Å². The van der Waals surface area contributed by atoms with Crippen molar-refractivity contribution in [1.29, 1.82) is 0 Å². The van der Waals surface area contributed by atoms with Crippen LogP contribution >= 0.6 is 0 Å². The van der Waals surface area contributed by atoms with E-state index in [1.54, 1.807) is 0 Å². The Balaban J connectivity index is 2.01. The van der Waals surface area contributed by atoms with Crippen LogP contribution in [0.25, 0.3) is 0 Å². The molecule has 2 unspecified atom stereocenters.